The summed E-state index contributed by atoms with van der Waals surface area (Å²) in [6.45, 7) is 1.72. The van der Waals surface area contributed by atoms with Gasteiger partial charge in [0, 0.05) is 6.07 Å². The first-order chi connectivity index (χ1) is 11.5. The van der Waals surface area contributed by atoms with Crippen molar-refractivity contribution >= 4 is 45.1 Å². The van der Waals surface area contributed by atoms with Crippen LogP contribution in [0.1, 0.15) is 5.69 Å². The summed E-state index contributed by atoms with van der Waals surface area (Å²) >= 11 is 12.3. The van der Waals surface area contributed by atoms with Gasteiger partial charge in [-0.15, -0.1) is 0 Å². The molecule has 0 spiro atoms. The minimum absolute atomic E-state index is 0.0378. The number of pyridine rings is 2. The van der Waals surface area contributed by atoms with E-state index >= 15 is 0 Å². The highest BCUT2D eigenvalue weighted by Gasteiger charge is 2.19. The molecule has 0 bridgehead atoms. The maximum atomic E-state index is 12.4. The van der Waals surface area contributed by atoms with Gasteiger partial charge in [0.15, 0.2) is 0 Å². The Morgan fingerprint density at radius 1 is 1.21 bits per heavy atom. The molecule has 0 fully saturated rings. The number of aromatic amines is 1. The zero-order valence-electron chi connectivity index (χ0n) is 12.3. The van der Waals surface area contributed by atoms with Crippen LogP contribution in [0.5, 0.6) is 5.75 Å². The first-order valence-corrected chi connectivity index (χ1v) is 7.78. The van der Waals surface area contributed by atoms with Gasteiger partial charge in [-0.2, -0.15) is 5.10 Å². The van der Waals surface area contributed by atoms with Crippen molar-refractivity contribution in [2.24, 2.45) is 0 Å². The summed E-state index contributed by atoms with van der Waals surface area (Å²) in [6.07, 6.45) is 0. The summed E-state index contributed by atoms with van der Waals surface area (Å²) in [5.41, 5.74) is 2.21. The van der Waals surface area contributed by atoms with Gasteiger partial charge in [-0.1, -0.05) is 23.2 Å². The Morgan fingerprint density at radius 2 is 2.00 bits per heavy atom. The number of aromatic nitrogens is 4. The van der Waals surface area contributed by atoms with Gasteiger partial charge >= 0.3 is 0 Å². The number of fused-ring (bicyclic) bond motifs is 3. The standard InChI is InChI=1S/C16H10Cl2N4O2/c1-7-13-15(14-10(19-16(13)24)4-5-12(18)20-14)22(21-7)11-6-8(23)2-3-9(11)17/h2-6,23H,1H3,(H,19,24). The summed E-state index contributed by atoms with van der Waals surface area (Å²) < 4.78 is 1.51. The Kier molecular flexibility index (Phi) is 3.26. The number of aryl methyl sites for hydroxylation is 1. The summed E-state index contributed by atoms with van der Waals surface area (Å²) in [4.78, 5) is 19.5. The zero-order chi connectivity index (χ0) is 17.0. The van der Waals surface area contributed by atoms with Crippen LogP contribution in [0.4, 0.5) is 0 Å². The van der Waals surface area contributed by atoms with Crippen molar-refractivity contribution in [2.75, 3.05) is 0 Å². The fraction of sp³-hybridized carbons (Fsp3) is 0.0625. The predicted octanol–water partition coefficient (Wildman–Crippen LogP) is 3.58. The Labute approximate surface area is 145 Å². The molecule has 1 aromatic carbocycles. The van der Waals surface area contributed by atoms with E-state index in [4.69, 9.17) is 23.2 Å². The number of H-pyrrole nitrogens is 1. The summed E-state index contributed by atoms with van der Waals surface area (Å²) in [5.74, 6) is 0.0378. The van der Waals surface area contributed by atoms with Gasteiger partial charge < -0.3 is 10.1 Å². The topological polar surface area (TPSA) is 83.8 Å². The first kappa shape index (κ1) is 15.0. The third-order valence-electron chi connectivity index (χ3n) is 3.78. The average Bonchev–Trinajstić information content (AvgIpc) is 2.89. The summed E-state index contributed by atoms with van der Waals surface area (Å²) in [6, 6.07) is 7.80. The van der Waals surface area contributed by atoms with Crippen LogP contribution in [0.2, 0.25) is 10.2 Å². The lowest BCUT2D eigenvalue weighted by Gasteiger charge is -2.08. The van der Waals surface area contributed by atoms with Crippen molar-refractivity contribution < 1.29 is 5.11 Å². The fourth-order valence-electron chi connectivity index (χ4n) is 2.76. The number of benzene rings is 1. The van der Waals surface area contributed by atoms with Crippen LogP contribution in [-0.2, 0) is 0 Å². The van der Waals surface area contributed by atoms with Crippen molar-refractivity contribution in [2.45, 2.75) is 6.92 Å². The van der Waals surface area contributed by atoms with Gasteiger partial charge in [-0.25, -0.2) is 9.67 Å². The lowest BCUT2D eigenvalue weighted by Crippen LogP contribution is -2.08. The number of hydrogen-bond acceptors (Lipinski definition) is 4. The third kappa shape index (κ3) is 2.15. The third-order valence-corrected chi connectivity index (χ3v) is 4.31. The molecule has 0 radical (unpaired) electrons. The molecule has 0 atom stereocenters. The largest absolute Gasteiger partial charge is 0.508 e. The second-order valence-electron chi connectivity index (χ2n) is 5.34. The van der Waals surface area contributed by atoms with Gasteiger partial charge in [0.25, 0.3) is 5.56 Å². The number of rotatable bonds is 1. The SMILES string of the molecule is Cc1nn(-c2cc(O)ccc2Cl)c2c1c(=O)[nH]c1ccc(Cl)nc12. The normalized spacial score (nSPS) is 11.5. The molecule has 0 saturated heterocycles. The maximum Gasteiger partial charge on any atom is 0.259 e. The fourth-order valence-corrected chi connectivity index (χ4v) is 3.10. The summed E-state index contributed by atoms with van der Waals surface area (Å²) in [5, 5.41) is 15.3. The molecule has 8 heteroatoms. The Hall–Kier alpha value is -2.57. The van der Waals surface area contributed by atoms with E-state index in [9.17, 15) is 9.90 Å². The van der Waals surface area contributed by atoms with Crippen molar-refractivity contribution in [3.8, 4) is 11.4 Å². The number of halogens is 2. The van der Waals surface area contributed by atoms with E-state index in [0.717, 1.165) is 0 Å². The van der Waals surface area contributed by atoms with Crippen LogP contribution in [0.25, 0.3) is 27.6 Å². The molecule has 0 unspecified atom stereocenters. The van der Waals surface area contributed by atoms with E-state index in [1.807, 2.05) is 0 Å². The van der Waals surface area contributed by atoms with E-state index in [0.29, 0.717) is 43.5 Å². The number of phenols is 1. The van der Waals surface area contributed by atoms with Gasteiger partial charge in [-0.05, 0) is 31.2 Å². The number of nitrogens with zero attached hydrogens (tertiary/aromatic N) is 3. The Morgan fingerprint density at radius 3 is 2.79 bits per heavy atom. The Balaban J connectivity index is 2.25. The minimum Gasteiger partial charge on any atom is -0.508 e. The lowest BCUT2D eigenvalue weighted by atomic mass is 10.2. The first-order valence-electron chi connectivity index (χ1n) is 7.02. The van der Waals surface area contributed by atoms with Crippen LogP contribution >= 0.6 is 23.2 Å². The average molecular weight is 361 g/mol. The summed E-state index contributed by atoms with van der Waals surface area (Å²) in [7, 11) is 0. The molecule has 0 aliphatic heterocycles. The molecule has 3 heterocycles. The second kappa shape index (κ2) is 5.22. The molecule has 3 aromatic heterocycles. The van der Waals surface area contributed by atoms with Crippen LogP contribution in [0.3, 0.4) is 0 Å². The van der Waals surface area contributed by atoms with Crippen molar-refractivity contribution in [1.82, 2.24) is 19.7 Å². The molecule has 4 aromatic rings. The smallest absolute Gasteiger partial charge is 0.259 e. The molecule has 0 saturated carbocycles. The van der Waals surface area contributed by atoms with E-state index < -0.39 is 0 Å². The minimum atomic E-state index is -0.276. The predicted molar refractivity (Wildman–Crippen MR) is 93.4 cm³/mol. The number of nitrogens with one attached hydrogen (secondary N) is 1. The van der Waals surface area contributed by atoms with E-state index in [2.05, 4.69) is 15.1 Å². The molecular formula is C16H10Cl2N4O2. The van der Waals surface area contributed by atoms with Crippen molar-refractivity contribution in [1.29, 1.82) is 0 Å². The maximum absolute atomic E-state index is 12.4. The van der Waals surface area contributed by atoms with Crippen molar-refractivity contribution in [3.63, 3.8) is 0 Å². The number of phenolic OH excluding ortho intramolecular Hbond substituents is 1. The monoisotopic (exact) mass is 360 g/mol. The van der Waals surface area contributed by atoms with Gasteiger partial charge in [0.1, 0.15) is 21.9 Å². The highest BCUT2D eigenvalue weighted by Crippen LogP contribution is 2.30. The zero-order valence-corrected chi connectivity index (χ0v) is 13.9. The number of hydrogen-bond donors (Lipinski definition) is 2. The molecule has 0 aliphatic rings. The van der Waals surface area contributed by atoms with Gasteiger partial charge in [-0.3, -0.25) is 4.79 Å². The van der Waals surface area contributed by atoms with Crippen molar-refractivity contribution in [3.05, 3.63) is 56.6 Å². The molecular weight excluding hydrogens is 351 g/mol. The second-order valence-corrected chi connectivity index (χ2v) is 6.14. The molecule has 24 heavy (non-hydrogen) atoms. The molecule has 2 N–H and O–H groups in total. The van der Waals surface area contributed by atoms with E-state index in [1.165, 1.54) is 16.8 Å². The highest BCUT2D eigenvalue weighted by molar-refractivity contribution is 6.32. The van der Waals surface area contributed by atoms with Crippen LogP contribution in [-0.4, -0.2) is 24.9 Å². The lowest BCUT2D eigenvalue weighted by molar-refractivity contribution is 0.475. The molecule has 4 rings (SSSR count). The number of aromatic hydroxyl groups is 1. The van der Waals surface area contributed by atoms with Gasteiger partial charge in [0.05, 0.1) is 27.3 Å². The Bertz CT molecular complexity index is 1180. The quantitative estimate of drug-likeness (QED) is 0.508. The van der Waals surface area contributed by atoms with Crippen LogP contribution in [0.15, 0.2) is 35.1 Å². The van der Waals surface area contributed by atoms with Crippen LogP contribution in [0, 0.1) is 6.92 Å². The molecule has 6 nitrogen and oxygen atoms in total. The van der Waals surface area contributed by atoms with Gasteiger partial charge in [0.2, 0.25) is 0 Å². The van der Waals surface area contributed by atoms with E-state index in [-0.39, 0.29) is 11.3 Å². The molecule has 0 amide bonds. The van der Waals surface area contributed by atoms with E-state index in [1.54, 1.807) is 25.1 Å². The molecule has 120 valence electrons. The highest BCUT2D eigenvalue weighted by atomic mass is 35.5. The molecule has 0 aliphatic carbocycles. The van der Waals surface area contributed by atoms with Crippen LogP contribution < -0.4 is 5.56 Å².